The second-order valence-electron chi connectivity index (χ2n) is 3.78. The summed E-state index contributed by atoms with van der Waals surface area (Å²) in [4.78, 5) is -0.0614. The van der Waals surface area contributed by atoms with Crippen molar-refractivity contribution in [3.8, 4) is 0 Å². The molecule has 0 bridgehead atoms. The van der Waals surface area contributed by atoms with Crippen molar-refractivity contribution in [3.05, 3.63) is 27.7 Å². The van der Waals surface area contributed by atoms with Gasteiger partial charge in [-0.15, -0.1) is 0 Å². The number of halogens is 2. The fraction of sp³-hybridized carbons (Fsp3) is 0.455. The summed E-state index contributed by atoms with van der Waals surface area (Å²) in [6.07, 6.45) is 1.63. The van der Waals surface area contributed by atoms with Gasteiger partial charge in [0.05, 0.1) is 11.6 Å². The second kappa shape index (κ2) is 6.73. The number of unbranched alkanes of at least 4 members (excludes halogenated alkanes) is 1. The van der Waals surface area contributed by atoms with Crippen LogP contribution in [0.4, 0.5) is 0 Å². The lowest BCUT2D eigenvalue weighted by molar-refractivity contribution is 0.281. The molecule has 7 heteroatoms. The van der Waals surface area contributed by atoms with Crippen molar-refractivity contribution in [1.82, 2.24) is 4.72 Å². The van der Waals surface area contributed by atoms with Crippen molar-refractivity contribution in [2.45, 2.75) is 31.3 Å². The minimum absolute atomic E-state index is 0.0428. The van der Waals surface area contributed by atoms with Crippen LogP contribution in [0.2, 0.25) is 10.0 Å². The van der Waals surface area contributed by atoms with Crippen molar-refractivity contribution in [2.75, 3.05) is 6.54 Å². The first-order chi connectivity index (χ1) is 8.42. The van der Waals surface area contributed by atoms with E-state index in [1.54, 1.807) is 0 Å². The predicted molar refractivity (Wildman–Crippen MR) is 72.5 cm³/mol. The molecule has 102 valence electrons. The number of hydrogen-bond acceptors (Lipinski definition) is 3. The Morgan fingerprint density at radius 2 is 1.94 bits per heavy atom. The topological polar surface area (TPSA) is 66.4 Å². The Balaban J connectivity index is 3.08. The molecule has 0 unspecified atom stereocenters. The van der Waals surface area contributed by atoms with Crippen LogP contribution in [0, 0.1) is 0 Å². The molecule has 18 heavy (non-hydrogen) atoms. The Hall–Kier alpha value is -0.330. The summed E-state index contributed by atoms with van der Waals surface area (Å²) in [6, 6.07) is 2.61. The lowest BCUT2D eigenvalue weighted by Crippen LogP contribution is -2.25. The molecule has 0 aliphatic carbocycles. The van der Waals surface area contributed by atoms with Crippen molar-refractivity contribution >= 4 is 33.2 Å². The Morgan fingerprint density at radius 3 is 2.50 bits per heavy atom. The highest BCUT2D eigenvalue weighted by atomic mass is 35.5. The number of sulfonamides is 1. The molecular weight excluding hydrogens is 297 g/mol. The molecule has 2 N–H and O–H groups in total. The maximum Gasteiger partial charge on any atom is 0.242 e. The lowest BCUT2D eigenvalue weighted by Gasteiger charge is -2.10. The van der Waals surface area contributed by atoms with Crippen molar-refractivity contribution in [2.24, 2.45) is 0 Å². The van der Waals surface area contributed by atoms with E-state index in [1.807, 2.05) is 6.92 Å². The van der Waals surface area contributed by atoms with Crippen LogP contribution in [0.1, 0.15) is 25.3 Å². The van der Waals surface area contributed by atoms with Gasteiger partial charge in [-0.1, -0.05) is 36.5 Å². The normalized spacial score (nSPS) is 11.8. The molecule has 0 spiro atoms. The highest BCUT2D eigenvalue weighted by molar-refractivity contribution is 7.89. The van der Waals surface area contributed by atoms with E-state index in [4.69, 9.17) is 28.3 Å². The van der Waals surface area contributed by atoms with Crippen LogP contribution >= 0.6 is 23.2 Å². The number of rotatable bonds is 6. The van der Waals surface area contributed by atoms with E-state index in [9.17, 15) is 8.42 Å². The van der Waals surface area contributed by atoms with E-state index in [0.29, 0.717) is 12.1 Å². The van der Waals surface area contributed by atoms with Crippen molar-refractivity contribution < 1.29 is 13.5 Å². The van der Waals surface area contributed by atoms with Gasteiger partial charge in [-0.25, -0.2) is 13.1 Å². The van der Waals surface area contributed by atoms with Gasteiger partial charge in [0.25, 0.3) is 0 Å². The van der Waals surface area contributed by atoms with E-state index in [-0.39, 0.29) is 21.5 Å². The molecule has 0 aliphatic heterocycles. The van der Waals surface area contributed by atoms with Crippen molar-refractivity contribution in [1.29, 1.82) is 0 Å². The molecule has 0 saturated heterocycles. The SMILES string of the molecule is CCCCNS(=O)(=O)c1cc(CO)c(Cl)cc1Cl. The minimum Gasteiger partial charge on any atom is -0.392 e. The van der Waals surface area contributed by atoms with Crippen LogP contribution in [0.3, 0.4) is 0 Å². The van der Waals surface area contributed by atoms with Crippen LogP contribution < -0.4 is 4.72 Å². The predicted octanol–water partition coefficient (Wildman–Crippen LogP) is 2.56. The van der Waals surface area contributed by atoms with Gasteiger partial charge >= 0.3 is 0 Å². The monoisotopic (exact) mass is 311 g/mol. The molecule has 1 aromatic rings. The largest absolute Gasteiger partial charge is 0.392 e. The van der Waals surface area contributed by atoms with Gasteiger partial charge in [0.1, 0.15) is 4.90 Å². The maximum atomic E-state index is 12.0. The van der Waals surface area contributed by atoms with Crippen LogP contribution in [-0.2, 0) is 16.6 Å². The van der Waals surface area contributed by atoms with E-state index in [0.717, 1.165) is 12.8 Å². The highest BCUT2D eigenvalue weighted by Crippen LogP contribution is 2.28. The Bertz CT molecular complexity index is 517. The third kappa shape index (κ3) is 3.83. The average molecular weight is 312 g/mol. The number of aliphatic hydroxyl groups is 1. The molecule has 0 fully saturated rings. The molecule has 0 atom stereocenters. The summed E-state index contributed by atoms with van der Waals surface area (Å²) in [6.45, 7) is 1.98. The molecule has 0 amide bonds. The number of aliphatic hydroxyl groups excluding tert-OH is 1. The van der Waals surface area contributed by atoms with E-state index < -0.39 is 10.0 Å². The van der Waals surface area contributed by atoms with Crippen molar-refractivity contribution in [3.63, 3.8) is 0 Å². The number of benzene rings is 1. The van der Waals surface area contributed by atoms with Gasteiger partial charge in [-0.2, -0.15) is 0 Å². The summed E-state index contributed by atoms with van der Waals surface area (Å²) < 4.78 is 26.4. The van der Waals surface area contributed by atoms with Crippen LogP contribution in [-0.4, -0.2) is 20.1 Å². The first kappa shape index (κ1) is 15.7. The highest BCUT2D eigenvalue weighted by Gasteiger charge is 2.19. The molecular formula is C11H15Cl2NO3S. The average Bonchev–Trinajstić information content (AvgIpc) is 2.29. The first-order valence-electron chi connectivity index (χ1n) is 5.50. The van der Waals surface area contributed by atoms with E-state index in [1.165, 1.54) is 12.1 Å². The molecule has 0 saturated carbocycles. The van der Waals surface area contributed by atoms with Gasteiger partial charge in [-0.3, -0.25) is 0 Å². The summed E-state index contributed by atoms with van der Waals surface area (Å²) in [5.41, 5.74) is 0.330. The number of nitrogens with one attached hydrogen (secondary N) is 1. The Labute approximate surface area is 117 Å². The Kier molecular flexibility index (Phi) is 5.88. The van der Waals surface area contributed by atoms with Gasteiger partial charge in [0.2, 0.25) is 10.0 Å². The zero-order chi connectivity index (χ0) is 13.8. The fourth-order valence-electron chi connectivity index (χ4n) is 1.36. The summed E-state index contributed by atoms with van der Waals surface area (Å²) in [7, 11) is -3.66. The lowest BCUT2D eigenvalue weighted by atomic mass is 10.2. The molecule has 0 aromatic heterocycles. The zero-order valence-electron chi connectivity index (χ0n) is 9.91. The van der Waals surface area contributed by atoms with Crippen LogP contribution in [0.5, 0.6) is 0 Å². The summed E-state index contributed by atoms with van der Waals surface area (Å²) in [5.74, 6) is 0. The fourth-order valence-corrected chi connectivity index (χ4v) is 3.29. The standard InChI is InChI=1S/C11H15Cl2NO3S/c1-2-3-4-14-18(16,17)11-5-8(7-15)9(12)6-10(11)13/h5-6,14-15H,2-4,7H2,1H3. The van der Waals surface area contributed by atoms with Gasteiger partial charge in [0.15, 0.2) is 0 Å². The Morgan fingerprint density at radius 1 is 1.28 bits per heavy atom. The quantitative estimate of drug-likeness (QED) is 0.793. The van der Waals surface area contributed by atoms with Crippen LogP contribution in [0.25, 0.3) is 0 Å². The van der Waals surface area contributed by atoms with Gasteiger partial charge < -0.3 is 5.11 Å². The molecule has 4 nitrogen and oxygen atoms in total. The zero-order valence-corrected chi connectivity index (χ0v) is 12.2. The van der Waals surface area contributed by atoms with Gasteiger partial charge in [-0.05, 0) is 24.1 Å². The van der Waals surface area contributed by atoms with E-state index in [2.05, 4.69) is 4.72 Å². The third-order valence-electron chi connectivity index (χ3n) is 2.38. The van der Waals surface area contributed by atoms with Crippen LogP contribution in [0.15, 0.2) is 17.0 Å². The number of hydrogen-bond donors (Lipinski definition) is 2. The second-order valence-corrected chi connectivity index (χ2v) is 6.33. The maximum absolute atomic E-state index is 12.0. The summed E-state index contributed by atoms with van der Waals surface area (Å²) in [5, 5.41) is 9.36. The summed E-state index contributed by atoms with van der Waals surface area (Å²) >= 11 is 11.7. The molecule has 1 aromatic carbocycles. The van der Waals surface area contributed by atoms with E-state index >= 15 is 0 Å². The van der Waals surface area contributed by atoms with Gasteiger partial charge in [0, 0.05) is 11.6 Å². The molecule has 1 rings (SSSR count). The third-order valence-corrected chi connectivity index (χ3v) is 4.66. The molecule has 0 heterocycles. The molecule has 0 aliphatic rings. The first-order valence-corrected chi connectivity index (χ1v) is 7.74. The smallest absolute Gasteiger partial charge is 0.242 e. The minimum atomic E-state index is -3.66. The molecule has 0 radical (unpaired) electrons.